The van der Waals surface area contributed by atoms with Crippen LogP contribution in [0.1, 0.15) is 30.5 Å². The third kappa shape index (κ3) is 3.83. The van der Waals surface area contributed by atoms with E-state index in [0.29, 0.717) is 25.3 Å². The Bertz CT molecular complexity index is 1450. The molecule has 0 unspecified atom stereocenters. The first-order chi connectivity index (χ1) is 16.0. The molecule has 4 N–H and O–H groups in total. The first kappa shape index (κ1) is 19.9. The van der Waals surface area contributed by atoms with Gasteiger partial charge in [0.1, 0.15) is 17.1 Å². The highest BCUT2D eigenvalue weighted by Crippen LogP contribution is 2.31. The zero-order valence-corrected chi connectivity index (χ0v) is 17.9. The number of nitrogens with one attached hydrogen (secondary N) is 2. The highest BCUT2D eigenvalue weighted by molar-refractivity contribution is 5.94. The molecule has 1 aliphatic carbocycles. The Morgan fingerprint density at radius 3 is 2.91 bits per heavy atom. The molecule has 0 atom stereocenters. The lowest BCUT2D eigenvalue weighted by Gasteiger charge is -2.36. The van der Waals surface area contributed by atoms with E-state index in [0.717, 1.165) is 52.6 Å². The predicted molar refractivity (Wildman–Crippen MR) is 122 cm³/mol. The molecular formula is C23H24N8O2. The van der Waals surface area contributed by atoms with Crippen LogP contribution < -0.4 is 5.32 Å². The first-order valence-corrected chi connectivity index (χ1v) is 11.0. The molecular weight excluding hydrogens is 420 g/mol. The van der Waals surface area contributed by atoms with Gasteiger partial charge in [-0.15, -0.1) is 5.10 Å². The summed E-state index contributed by atoms with van der Waals surface area (Å²) in [5.41, 5.74) is 4.50. The monoisotopic (exact) mass is 444 g/mol. The Hall–Kier alpha value is -3.76. The van der Waals surface area contributed by atoms with Gasteiger partial charge in [0, 0.05) is 42.5 Å². The van der Waals surface area contributed by atoms with E-state index in [2.05, 4.69) is 43.1 Å². The molecule has 0 saturated heterocycles. The normalized spacial score (nSPS) is 15.3. The molecule has 0 radical (unpaired) electrons. The van der Waals surface area contributed by atoms with Crippen molar-refractivity contribution in [1.82, 2.24) is 39.9 Å². The molecule has 1 saturated carbocycles. The molecule has 4 aromatic heterocycles. The molecule has 0 amide bonds. The van der Waals surface area contributed by atoms with Gasteiger partial charge in [-0.05, 0) is 37.0 Å². The van der Waals surface area contributed by atoms with Gasteiger partial charge < -0.3 is 19.9 Å². The summed E-state index contributed by atoms with van der Waals surface area (Å²) in [5.74, 6) is 0.142. The zero-order valence-electron chi connectivity index (χ0n) is 17.9. The average molecular weight is 444 g/mol. The maximum Gasteiger partial charge on any atom is 0.137 e. The van der Waals surface area contributed by atoms with E-state index >= 15 is 0 Å². The number of benzene rings is 1. The van der Waals surface area contributed by atoms with E-state index in [9.17, 15) is 10.2 Å². The zero-order chi connectivity index (χ0) is 22.4. The van der Waals surface area contributed by atoms with Gasteiger partial charge in [0.25, 0.3) is 0 Å². The van der Waals surface area contributed by atoms with Crippen molar-refractivity contribution in [2.75, 3.05) is 6.54 Å². The molecule has 0 spiro atoms. The number of pyridine rings is 1. The number of nitrogens with zero attached hydrogens (tertiary/aromatic N) is 6. The van der Waals surface area contributed by atoms with Crippen LogP contribution in [0.25, 0.3) is 27.8 Å². The number of phenolic OH excluding ortho intramolecular Hbond substituents is 1. The summed E-state index contributed by atoms with van der Waals surface area (Å²) >= 11 is 0. The summed E-state index contributed by atoms with van der Waals surface area (Å²) in [7, 11) is 0. The first-order valence-electron chi connectivity index (χ1n) is 11.0. The van der Waals surface area contributed by atoms with Crippen molar-refractivity contribution in [3.63, 3.8) is 0 Å². The summed E-state index contributed by atoms with van der Waals surface area (Å²) in [5, 5.41) is 39.9. The fraction of sp³-hybridized carbons (Fsp3) is 0.304. The second-order valence-corrected chi connectivity index (χ2v) is 8.84. The number of rotatable bonds is 7. The molecule has 0 aliphatic heterocycles. The van der Waals surface area contributed by atoms with Gasteiger partial charge in [0.05, 0.1) is 35.8 Å². The van der Waals surface area contributed by atoms with E-state index in [1.165, 1.54) is 0 Å². The van der Waals surface area contributed by atoms with Gasteiger partial charge in [-0.25, -0.2) is 9.67 Å². The van der Waals surface area contributed by atoms with Crippen molar-refractivity contribution in [2.45, 2.75) is 38.0 Å². The van der Waals surface area contributed by atoms with Crippen LogP contribution in [0.2, 0.25) is 0 Å². The minimum Gasteiger partial charge on any atom is -0.508 e. The Morgan fingerprint density at radius 1 is 1.15 bits per heavy atom. The van der Waals surface area contributed by atoms with E-state index in [1.807, 2.05) is 22.9 Å². The number of hydrogen-bond acceptors (Lipinski definition) is 7. The van der Waals surface area contributed by atoms with Crippen LogP contribution in [0.15, 0.2) is 49.1 Å². The lowest BCUT2D eigenvalue weighted by molar-refractivity contribution is -0.0314. The van der Waals surface area contributed by atoms with E-state index in [4.69, 9.17) is 0 Å². The largest absolute Gasteiger partial charge is 0.508 e. The molecule has 33 heavy (non-hydrogen) atoms. The standard InChI is InChI=1S/C23H24N8O2/c32-17-6-18(19-9-25-27-20(19)7-17)21-13-31(29-28-21)12-16-11-30-10-15(2-3-22(30)26-16)8-24-14-23(33)4-1-5-23/h2-3,6-7,9-11,13,24,32-33H,1,4-5,8,12,14H2,(H,25,27). The molecule has 6 rings (SSSR count). The fourth-order valence-corrected chi connectivity index (χ4v) is 4.39. The Balaban J connectivity index is 1.18. The summed E-state index contributed by atoms with van der Waals surface area (Å²) in [4.78, 5) is 4.69. The second-order valence-electron chi connectivity index (χ2n) is 8.84. The van der Waals surface area contributed by atoms with Crippen LogP contribution in [0.5, 0.6) is 5.75 Å². The summed E-state index contributed by atoms with van der Waals surface area (Å²) < 4.78 is 3.74. The van der Waals surface area contributed by atoms with Crippen LogP contribution in [0.3, 0.4) is 0 Å². The highest BCUT2D eigenvalue weighted by Gasteiger charge is 2.33. The molecule has 10 nitrogen and oxygen atoms in total. The fourth-order valence-electron chi connectivity index (χ4n) is 4.39. The van der Waals surface area contributed by atoms with Gasteiger partial charge in [-0.2, -0.15) is 5.10 Å². The van der Waals surface area contributed by atoms with Crippen molar-refractivity contribution >= 4 is 16.6 Å². The third-order valence-electron chi connectivity index (χ3n) is 6.31. The van der Waals surface area contributed by atoms with Gasteiger partial charge in [-0.3, -0.25) is 5.10 Å². The van der Waals surface area contributed by atoms with Crippen molar-refractivity contribution in [1.29, 1.82) is 0 Å². The molecule has 1 aliphatic rings. The number of aliphatic hydroxyl groups is 1. The number of H-pyrrole nitrogens is 1. The predicted octanol–water partition coefficient (Wildman–Crippen LogP) is 2.23. The number of aromatic amines is 1. The van der Waals surface area contributed by atoms with Gasteiger partial charge in [0.2, 0.25) is 0 Å². The molecule has 4 heterocycles. The number of hydrogen-bond donors (Lipinski definition) is 4. The van der Waals surface area contributed by atoms with Gasteiger partial charge >= 0.3 is 0 Å². The Morgan fingerprint density at radius 2 is 2.06 bits per heavy atom. The van der Waals surface area contributed by atoms with Crippen molar-refractivity contribution in [2.24, 2.45) is 0 Å². The molecule has 1 fully saturated rings. The molecule has 10 heteroatoms. The molecule has 5 aromatic rings. The van der Waals surface area contributed by atoms with Crippen molar-refractivity contribution in [3.8, 4) is 17.0 Å². The molecule has 1 aromatic carbocycles. The summed E-state index contributed by atoms with van der Waals surface area (Å²) in [6.07, 6.45) is 10.5. The minimum atomic E-state index is -0.523. The van der Waals surface area contributed by atoms with Crippen LogP contribution in [-0.4, -0.2) is 56.9 Å². The molecule has 0 bridgehead atoms. The van der Waals surface area contributed by atoms with Crippen LogP contribution in [-0.2, 0) is 13.1 Å². The van der Waals surface area contributed by atoms with E-state index in [-0.39, 0.29) is 5.75 Å². The third-order valence-corrected chi connectivity index (χ3v) is 6.31. The van der Waals surface area contributed by atoms with Gasteiger partial charge in [-0.1, -0.05) is 11.3 Å². The number of fused-ring (bicyclic) bond motifs is 2. The number of aromatic hydroxyl groups is 1. The topological polar surface area (TPSA) is 129 Å². The van der Waals surface area contributed by atoms with Crippen LogP contribution in [0.4, 0.5) is 0 Å². The van der Waals surface area contributed by atoms with Crippen molar-refractivity contribution in [3.05, 3.63) is 60.3 Å². The highest BCUT2D eigenvalue weighted by atomic mass is 16.3. The van der Waals surface area contributed by atoms with Crippen LogP contribution in [0, 0.1) is 0 Å². The maximum atomic E-state index is 10.2. The Kier molecular flexibility index (Phi) is 4.63. The number of phenols is 1. The summed E-state index contributed by atoms with van der Waals surface area (Å²) in [6, 6.07) is 7.34. The second kappa shape index (κ2) is 7.68. The smallest absolute Gasteiger partial charge is 0.137 e. The summed E-state index contributed by atoms with van der Waals surface area (Å²) in [6.45, 7) is 1.80. The number of imidazole rings is 1. The van der Waals surface area contributed by atoms with Crippen LogP contribution >= 0.6 is 0 Å². The SMILES string of the molecule is Oc1cc(-c2cn(Cc3cn4cc(CNCC5(O)CCC5)ccc4n3)nn2)c2cn[nH]c2c1. The number of aromatic nitrogens is 7. The quantitative estimate of drug-likeness (QED) is 0.303. The average Bonchev–Trinajstić information content (AvgIpc) is 3.51. The van der Waals surface area contributed by atoms with Gasteiger partial charge in [0.15, 0.2) is 0 Å². The van der Waals surface area contributed by atoms with Crippen molar-refractivity contribution < 1.29 is 10.2 Å². The minimum absolute atomic E-state index is 0.142. The lowest BCUT2D eigenvalue weighted by Crippen LogP contribution is -2.45. The van der Waals surface area contributed by atoms with E-state index in [1.54, 1.807) is 23.0 Å². The van der Waals surface area contributed by atoms with E-state index < -0.39 is 5.60 Å². The molecule has 168 valence electrons. The maximum absolute atomic E-state index is 10.2. The Labute approximate surface area is 188 Å². The lowest BCUT2D eigenvalue weighted by atomic mass is 9.80.